The minimum absolute atomic E-state index is 0.120. The van der Waals surface area contributed by atoms with Crippen LogP contribution < -0.4 is 0 Å². The summed E-state index contributed by atoms with van der Waals surface area (Å²) in [5.74, 6) is -0.603. The van der Waals surface area contributed by atoms with Crippen LogP contribution in [-0.2, 0) is 19.4 Å². The molecule has 1 heterocycles. The Morgan fingerprint density at radius 3 is 1.76 bits per heavy atom. The highest BCUT2D eigenvalue weighted by atomic mass is 31.2. The molecule has 0 unspecified atom stereocenters. The molecule has 1 aliphatic heterocycles. The minimum atomic E-state index is -3.91. The average molecular weight is 474 g/mol. The fourth-order valence-corrected chi connectivity index (χ4v) is 7.60. The van der Waals surface area contributed by atoms with E-state index in [1.54, 1.807) is 6.08 Å². The summed E-state index contributed by atoms with van der Waals surface area (Å²) < 4.78 is 22.7. The topological polar surface area (TPSA) is 46.6 Å². The largest absolute Gasteiger partial charge is 0.339 e. The van der Waals surface area contributed by atoms with Gasteiger partial charge in [-0.2, -0.15) is 0 Å². The van der Waals surface area contributed by atoms with E-state index in [-0.39, 0.29) is 11.4 Å². The van der Waals surface area contributed by atoms with Gasteiger partial charge in [-0.1, -0.05) is 111 Å². The highest BCUT2D eigenvalue weighted by Gasteiger charge is 2.55. The Hall–Kier alpha value is -2.78. The van der Waals surface area contributed by atoms with Crippen molar-refractivity contribution in [2.75, 3.05) is 13.2 Å². The van der Waals surface area contributed by atoms with Gasteiger partial charge in [-0.05, 0) is 29.0 Å². The molecule has 0 amide bonds. The van der Waals surface area contributed by atoms with Crippen molar-refractivity contribution in [1.82, 2.24) is 4.67 Å². The third-order valence-corrected chi connectivity index (χ3v) is 9.52. The summed E-state index contributed by atoms with van der Waals surface area (Å²) in [7, 11) is -3.91. The Morgan fingerprint density at radius 1 is 0.912 bits per heavy atom. The Balaban J connectivity index is 2.04. The lowest BCUT2D eigenvalue weighted by molar-refractivity contribution is -0.117. The average Bonchev–Trinajstić information content (AvgIpc) is 2.90. The van der Waals surface area contributed by atoms with Gasteiger partial charge in [0.15, 0.2) is 0 Å². The van der Waals surface area contributed by atoms with Crippen molar-refractivity contribution in [2.45, 2.75) is 25.8 Å². The molecule has 1 saturated heterocycles. The first-order valence-electron chi connectivity index (χ1n) is 11.8. The highest BCUT2D eigenvalue weighted by molar-refractivity contribution is 7.74. The number of benzene rings is 3. The van der Waals surface area contributed by atoms with E-state index in [9.17, 15) is 9.36 Å². The quantitative estimate of drug-likeness (QED) is 0.203. The van der Waals surface area contributed by atoms with Crippen LogP contribution >= 0.6 is 7.52 Å². The predicted molar refractivity (Wildman–Crippen MR) is 138 cm³/mol. The van der Waals surface area contributed by atoms with Gasteiger partial charge < -0.3 is 4.52 Å². The maximum absolute atomic E-state index is 14.8. The molecular weight excluding hydrogens is 441 g/mol. The van der Waals surface area contributed by atoms with Gasteiger partial charge in [0.25, 0.3) is 0 Å². The third kappa shape index (κ3) is 4.11. The van der Waals surface area contributed by atoms with Gasteiger partial charge >= 0.3 is 7.52 Å². The Kier molecular flexibility index (Phi) is 7.33. The number of carbonyl (C=O) groups excluding carboxylic acids is 1. The van der Waals surface area contributed by atoms with E-state index in [1.807, 2.05) is 110 Å². The molecule has 34 heavy (non-hydrogen) atoms. The molecule has 0 saturated carbocycles. The fourth-order valence-electron chi connectivity index (χ4n) is 4.82. The molecule has 0 spiro atoms. The van der Waals surface area contributed by atoms with Crippen LogP contribution in [0.15, 0.2) is 104 Å². The standard InChI is InChI=1S/C29H32NO3P/c1-4-23(2)24(3)28(31)34(32)30(21-14-22-33-34)29(25-15-8-5-9-16-25,26-17-10-6-11-18-26)27-19-12-7-13-20-27/h4-13,15-20,23-24H,1,14,21-22H2,2-3H3/t23-,24-,34+/m1/s1. The smallest absolute Gasteiger partial charge is 0.312 e. The predicted octanol–water partition coefficient (Wildman–Crippen LogP) is 6.88. The molecule has 0 N–H and O–H groups in total. The molecule has 0 bridgehead atoms. The van der Waals surface area contributed by atoms with Crippen LogP contribution in [0.2, 0.25) is 0 Å². The molecule has 3 atom stereocenters. The molecule has 0 radical (unpaired) electrons. The highest BCUT2D eigenvalue weighted by Crippen LogP contribution is 2.63. The van der Waals surface area contributed by atoms with Crippen molar-refractivity contribution in [3.05, 3.63) is 120 Å². The second kappa shape index (κ2) is 10.2. The maximum atomic E-state index is 14.8. The van der Waals surface area contributed by atoms with Crippen LogP contribution in [0.5, 0.6) is 0 Å². The SMILES string of the molecule is C=C[C@@H](C)[C@@H](C)C(=O)[P@]1(=O)OCCCN1C(c1ccccc1)(c1ccccc1)c1ccccc1. The van der Waals surface area contributed by atoms with Gasteiger partial charge in [-0.3, -0.25) is 9.36 Å². The normalized spacial score (nSPS) is 20.9. The summed E-state index contributed by atoms with van der Waals surface area (Å²) in [4.78, 5) is 13.9. The molecule has 176 valence electrons. The molecule has 4 rings (SSSR count). The van der Waals surface area contributed by atoms with E-state index in [0.717, 1.165) is 16.7 Å². The summed E-state index contributed by atoms with van der Waals surface area (Å²) in [6.07, 6.45) is 2.42. The molecule has 1 fully saturated rings. The van der Waals surface area contributed by atoms with E-state index in [0.29, 0.717) is 19.6 Å². The lowest BCUT2D eigenvalue weighted by Gasteiger charge is -2.49. The van der Waals surface area contributed by atoms with E-state index in [4.69, 9.17) is 4.52 Å². The summed E-state index contributed by atoms with van der Waals surface area (Å²) in [5.41, 5.74) is 1.50. The second-order valence-electron chi connectivity index (χ2n) is 8.86. The second-order valence-corrected chi connectivity index (χ2v) is 11.1. The number of nitrogens with zero attached hydrogens (tertiary/aromatic N) is 1. The van der Waals surface area contributed by atoms with Gasteiger partial charge in [0.05, 0.1) is 6.61 Å². The number of hydrogen-bond acceptors (Lipinski definition) is 3. The molecule has 5 heteroatoms. The first-order valence-corrected chi connectivity index (χ1v) is 13.4. The van der Waals surface area contributed by atoms with Crippen LogP contribution in [0.4, 0.5) is 0 Å². The summed E-state index contributed by atoms with van der Waals surface area (Å²) in [6, 6.07) is 30.0. The van der Waals surface area contributed by atoms with Gasteiger partial charge in [-0.15, -0.1) is 6.58 Å². The van der Waals surface area contributed by atoms with Crippen LogP contribution in [0.25, 0.3) is 0 Å². The molecule has 4 nitrogen and oxygen atoms in total. The number of allylic oxidation sites excluding steroid dienone is 1. The zero-order valence-electron chi connectivity index (χ0n) is 19.8. The van der Waals surface area contributed by atoms with Crippen LogP contribution in [0.3, 0.4) is 0 Å². The first-order chi connectivity index (χ1) is 16.5. The molecular formula is C29H32NO3P. The van der Waals surface area contributed by atoms with E-state index < -0.39 is 19.0 Å². The maximum Gasteiger partial charge on any atom is 0.339 e. The molecule has 3 aromatic rings. The van der Waals surface area contributed by atoms with Crippen molar-refractivity contribution in [3.8, 4) is 0 Å². The van der Waals surface area contributed by atoms with Crippen molar-refractivity contribution in [3.63, 3.8) is 0 Å². The van der Waals surface area contributed by atoms with Gasteiger partial charge in [0.1, 0.15) is 5.54 Å². The minimum Gasteiger partial charge on any atom is -0.312 e. The van der Waals surface area contributed by atoms with Crippen LogP contribution in [-0.4, -0.2) is 23.3 Å². The number of hydrogen-bond donors (Lipinski definition) is 0. The molecule has 3 aromatic carbocycles. The van der Waals surface area contributed by atoms with Crippen LogP contribution in [0.1, 0.15) is 37.0 Å². The Labute approximate surface area is 202 Å². The first kappa shape index (κ1) is 24.3. The monoisotopic (exact) mass is 473 g/mol. The van der Waals surface area contributed by atoms with Crippen molar-refractivity contribution < 1.29 is 13.9 Å². The Morgan fingerprint density at radius 2 is 1.35 bits per heavy atom. The molecule has 1 aliphatic rings. The summed E-state index contributed by atoms with van der Waals surface area (Å²) in [5, 5.41) is 0. The summed E-state index contributed by atoms with van der Waals surface area (Å²) in [6.45, 7) is 8.35. The fraction of sp³-hybridized carbons (Fsp3) is 0.276. The van der Waals surface area contributed by atoms with Crippen molar-refractivity contribution in [1.29, 1.82) is 0 Å². The lowest BCUT2D eigenvalue weighted by Crippen LogP contribution is -2.50. The summed E-state index contributed by atoms with van der Waals surface area (Å²) >= 11 is 0. The van der Waals surface area contributed by atoms with Gasteiger partial charge in [0, 0.05) is 12.5 Å². The van der Waals surface area contributed by atoms with Gasteiger partial charge in [0.2, 0.25) is 5.52 Å². The van der Waals surface area contributed by atoms with E-state index in [2.05, 4.69) is 6.58 Å². The van der Waals surface area contributed by atoms with Crippen LogP contribution in [0, 0.1) is 11.8 Å². The Bertz CT molecular complexity index is 1070. The van der Waals surface area contributed by atoms with E-state index in [1.165, 1.54) is 0 Å². The van der Waals surface area contributed by atoms with Gasteiger partial charge in [-0.25, -0.2) is 4.67 Å². The zero-order chi connectivity index (χ0) is 24.2. The number of carbonyl (C=O) groups is 1. The molecule has 0 aromatic heterocycles. The molecule has 0 aliphatic carbocycles. The zero-order valence-corrected chi connectivity index (χ0v) is 20.7. The van der Waals surface area contributed by atoms with E-state index >= 15 is 0 Å². The third-order valence-electron chi connectivity index (χ3n) is 6.89. The van der Waals surface area contributed by atoms with Crippen molar-refractivity contribution >= 4 is 13.0 Å². The lowest BCUT2D eigenvalue weighted by atomic mass is 9.77. The van der Waals surface area contributed by atoms with Crippen molar-refractivity contribution in [2.24, 2.45) is 11.8 Å². The number of rotatable bonds is 8.